The predicted octanol–water partition coefficient (Wildman–Crippen LogP) is 0.362. The Balaban J connectivity index is 0.00000147. The summed E-state index contributed by atoms with van der Waals surface area (Å²) in [7, 11) is 0. The second-order valence-electron chi connectivity index (χ2n) is 5.11. The first kappa shape index (κ1) is 15.4. The maximum Gasteiger partial charge on any atom is 0.230 e. The Morgan fingerprint density at radius 2 is 1.90 bits per heavy atom. The molecular weight excluding hydrogens is 334 g/mol. The molecule has 1 aliphatic carbocycles. The van der Waals surface area contributed by atoms with Crippen LogP contribution in [0, 0.1) is 0 Å². The summed E-state index contributed by atoms with van der Waals surface area (Å²) < 4.78 is 2.19. The standard InChI is InChI=1S/C16H18NOS.BrH/c1-12(16(18)13-7-3-2-4-8-13)17-11-19-15-10-6-5-9-14(15)17;/h2-4,7-8,11-12H,5-6,9-10H2,1H3;1H/q+1;/p-1. The number of fused-ring (bicyclic) bond motifs is 1. The van der Waals surface area contributed by atoms with Gasteiger partial charge in [0.25, 0.3) is 0 Å². The van der Waals surface area contributed by atoms with Crippen molar-refractivity contribution in [2.24, 2.45) is 0 Å². The average molecular weight is 352 g/mol. The number of aryl methyl sites for hydroxylation is 1. The van der Waals surface area contributed by atoms with Crippen LogP contribution in [0.2, 0.25) is 0 Å². The van der Waals surface area contributed by atoms with E-state index in [1.54, 1.807) is 11.3 Å². The molecule has 1 heterocycles. The van der Waals surface area contributed by atoms with Gasteiger partial charge in [0.05, 0.1) is 4.88 Å². The molecule has 1 aromatic heterocycles. The smallest absolute Gasteiger partial charge is 0.230 e. The molecule has 1 aromatic carbocycles. The van der Waals surface area contributed by atoms with Crippen molar-refractivity contribution in [3.8, 4) is 0 Å². The van der Waals surface area contributed by atoms with Crippen LogP contribution in [-0.2, 0) is 12.8 Å². The summed E-state index contributed by atoms with van der Waals surface area (Å²) in [6, 6.07) is 9.50. The van der Waals surface area contributed by atoms with E-state index in [0.717, 1.165) is 12.0 Å². The molecule has 1 atom stereocenters. The zero-order valence-corrected chi connectivity index (χ0v) is 13.9. The fourth-order valence-electron chi connectivity index (χ4n) is 2.74. The summed E-state index contributed by atoms with van der Waals surface area (Å²) in [4.78, 5) is 14.0. The third kappa shape index (κ3) is 2.86. The van der Waals surface area contributed by atoms with Crippen LogP contribution in [0.1, 0.15) is 46.7 Å². The van der Waals surface area contributed by atoms with Crippen molar-refractivity contribution in [1.29, 1.82) is 0 Å². The van der Waals surface area contributed by atoms with E-state index in [2.05, 4.69) is 10.1 Å². The first-order valence-corrected chi connectivity index (χ1v) is 7.75. The van der Waals surface area contributed by atoms with Crippen LogP contribution in [0.15, 0.2) is 35.8 Å². The Labute approximate surface area is 134 Å². The van der Waals surface area contributed by atoms with E-state index in [-0.39, 0.29) is 28.8 Å². The van der Waals surface area contributed by atoms with Gasteiger partial charge in [0.15, 0.2) is 5.69 Å². The van der Waals surface area contributed by atoms with Gasteiger partial charge in [0.1, 0.15) is 0 Å². The van der Waals surface area contributed by atoms with Crippen LogP contribution in [0.5, 0.6) is 0 Å². The number of nitrogens with zero attached hydrogens (tertiary/aromatic N) is 1. The van der Waals surface area contributed by atoms with Crippen molar-refractivity contribution < 1.29 is 26.3 Å². The van der Waals surface area contributed by atoms with Crippen LogP contribution in [0.3, 0.4) is 0 Å². The van der Waals surface area contributed by atoms with E-state index in [4.69, 9.17) is 0 Å². The lowest BCUT2D eigenvalue weighted by atomic mass is 10.0. The van der Waals surface area contributed by atoms with Crippen molar-refractivity contribution in [3.63, 3.8) is 0 Å². The molecule has 2 nitrogen and oxygen atoms in total. The molecule has 0 spiro atoms. The van der Waals surface area contributed by atoms with Gasteiger partial charge < -0.3 is 17.0 Å². The summed E-state index contributed by atoms with van der Waals surface area (Å²) in [5.74, 6) is 0.205. The van der Waals surface area contributed by atoms with Gasteiger partial charge in [0.2, 0.25) is 17.3 Å². The second kappa shape index (κ2) is 6.64. The fraction of sp³-hybridized carbons (Fsp3) is 0.375. The molecule has 0 fully saturated rings. The Morgan fingerprint density at radius 3 is 2.65 bits per heavy atom. The highest BCUT2D eigenvalue weighted by molar-refractivity contribution is 7.09. The summed E-state index contributed by atoms with van der Waals surface area (Å²) >= 11 is 1.80. The largest absolute Gasteiger partial charge is 1.00 e. The molecule has 2 aromatic rings. The van der Waals surface area contributed by atoms with Gasteiger partial charge in [-0.2, -0.15) is 4.57 Å². The highest BCUT2D eigenvalue weighted by Crippen LogP contribution is 2.24. The van der Waals surface area contributed by atoms with Crippen LogP contribution in [-0.4, -0.2) is 5.78 Å². The highest BCUT2D eigenvalue weighted by Gasteiger charge is 2.30. The van der Waals surface area contributed by atoms with Gasteiger partial charge in [-0.15, -0.1) is 0 Å². The molecule has 0 radical (unpaired) electrons. The molecule has 106 valence electrons. The Kier molecular flexibility index (Phi) is 5.11. The quantitative estimate of drug-likeness (QED) is 0.577. The number of Topliss-reactive ketones (excluding diaryl/α,β-unsaturated/α-hetero) is 1. The van der Waals surface area contributed by atoms with Crippen LogP contribution in [0.4, 0.5) is 0 Å². The molecule has 1 aliphatic rings. The molecular formula is C16H18BrNOS. The van der Waals surface area contributed by atoms with Gasteiger partial charge in [-0.3, -0.25) is 4.79 Å². The summed E-state index contributed by atoms with van der Waals surface area (Å²) in [5, 5.41) is 0. The molecule has 0 saturated carbocycles. The summed E-state index contributed by atoms with van der Waals surface area (Å²) in [6.07, 6.45) is 4.83. The van der Waals surface area contributed by atoms with Crippen LogP contribution < -0.4 is 21.5 Å². The van der Waals surface area contributed by atoms with E-state index in [1.807, 2.05) is 37.3 Å². The molecule has 0 N–H and O–H groups in total. The minimum atomic E-state index is -0.0968. The van der Waals surface area contributed by atoms with Gasteiger partial charge in [-0.1, -0.05) is 41.7 Å². The summed E-state index contributed by atoms with van der Waals surface area (Å²) in [6.45, 7) is 2.01. The highest BCUT2D eigenvalue weighted by atomic mass is 79.9. The topological polar surface area (TPSA) is 20.9 Å². The third-order valence-corrected chi connectivity index (χ3v) is 4.92. The fourth-order valence-corrected chi connectivity index (χ4v) is 3.90. The van der Waals surface area contributed by atoms with Crippen molar-refractivity contribution in [1.82, 2.24) is 0 Å². The van der Waals surface area contributed by atoms with Crippen molar-refractivity contribution >= 4 is 17.1 Å². The third-order valence-electron chi connectivity index (χ3n) is 3.86. The number of rotatable bonds is 3. The Bertz CT molecular complexity index is 594. The van der Waals surface area contributed by atoms with E-state index in [0.29, 0.717) is 0 Å². The number of aromatic nitrogens is 1. The molecule has 0 bridgehead atoms. The van der Waals surface area contributed by atoms with Crippen molar-refractivity contribution in [3.05, 3.63) is 52.0 Å². The number of thiazole rings is 1. The first-order valence-electron chi connectivity index (χ1n) is 6.87. The number of ketones is 1. The summed E-state index contributed by atoms with van der Waals surface area (Å²) in [5.41, 5.74) is 4.31. The van der Waals surface area contributed by atoms with Crippen molar-refractivity contribution in [2.45, 2.75) is 38.6 Å². The second-order valence-corrected chi connectivity index (χ2v) is 6.05. The van der Waals surface area contributed by atoms with E-state index in [9.17, 15) is 4.79 Å². The van der Waals surface area contributed by atoms with Crippen molar-refractivity contribution in [2.75, 3.05) is 0 Å². The molecule has 0 saturated heterocycles. The number of hydrogen-bond donors (Lipinski definition) is 0. The average Bonchev–Trinajstić information content (AvgIpc) is 2.90. The zero-order valence-electron chi connectivity index (χ0n) is 11.5. The lowest BCUT2D eigenvalue weighted by Gasteiger charge is -2.11. The molecule has 4 heteroatoms. The van der Waals surface area contributed by atoms with Gasteiger partial charge in [-0.25, -0.2) is 0 Å². The molecule has 20 heavy (non-hydrogen) atoms. The van der Waals surface area contributed by atoms with E-state index >= 15 is 0 Å². The van der Waals surface area contributed by atoms with E-state index in [1.165, 1.54) is 29.8 Å². The molecule has 3 rings (SSSR count). The SMILES string of the molecule is CC(C(=O)c1ccccc1)[n+]1csc2c1CCCC2.[Br-]. The number of carbonyl (C=O) groups is 1. The van der Waals surface area contributed by atoms with Gasteiger partial charge in [-0.05, 0) is 19.3 Å². The van der Waals surface area contributed by atoms with Gasteiger partial charge >= 0.3 is 0 Å². The molecule has 1 unspecified atom stereocenters. The first-order chi connectivity index (χ1) is 9.27. The van der Waals surface area contributed by atoms with Crippen LogP contribution >= 0.6 is 11.3 Å². The van der Waals surface area contributed by atoms with Crippen LogP contribution in [0.25, 0.3) is 0 Å². The maximum atomic E-state index is 12.5. The zero-order chi connectivity index (χ0) is 13.2. The number of halogens is 1. The Hall–Kier alpha value is -1.00. The van der Waals surface area contributed by atoms with Gasteiger partial charge in [0, 0.05) is 18.9 Å². The predicted molar refractivity (Wildman–Crippen MR) is 76.6 cm³/mol. The number of hydrogen-bond acceptors (Lipinski definition) is 2. The maximum absolute atomic E-state index is 12.5. The number of benzene rings is 1. The minimum Gasteiger partial charge on any atom is -1.00 e. The normalized spacial score (nSPS) is 15.1. The van der Waals surface area contributed by atoms with E-state index < -0.39 is 0 Å². The minimum absolute atomic E-state index is 0. The Morgan fingerprint density at radius 1 is 1.20 bits per heavy atom. The monoisotopic (exact) mass is 351 g/mol. The molecule has 0 aliphatic heterocycles. The number of carbonyl (C=O) groups excluding carboxylic acids is 1. The lowest BCUT2D eigenvalue weighted by Crippen LogP contribution is -3.00. The lowest BCUT2D eigenvalue weighted by molar-refractivity contribution is -0.707. The molecule has 0 amide bonds.